The van der Waals surface area contributed by atoms with E-state index in [0.29, 0.717) is 16.6 Å². The molecule has 2 aromatic carbocycles. The van der Waals surface area contributed by atoms with Crippen LogP contribution in [0, 0.1) is 12.8 Å². The van der Waals surface area contributed by atoms with Gasteiger partial charge in [-0.25, -0.2) is 0 Å². The highest BCUT2D eigenvalue weighted by Crippen LogP contribution is 2.34. The van der Waals surface area contributed by atoms with Gasteiger partial charge < -0.3 is 15.5 Å². The molecule has 1 aliphatic carbocycles. The Balaban J connectivity index is 1.60. The molecule has 4 nitrogen and oxygen atoms in total. The molecule has 2 aliphatic rings. The third-order valence-electron chi connectivity index (χ3n) is 5.76. The molecule has 1 heterocycles. The van der Waals surface area contributed by atoms with Crippen LogP contribution in [0.5, 0.6) is 0 Å². The summed E-state index contributed by atoms with van der Waals surface area (Å²) in [6, 6.07) is 14.6. The number of rotatable bonds is 5. The van der Waals surface area contributed by atoms with Crippen LogP contribution in [0.25, 0.3) is 0 Å². The van der Waals surface area contributed by atoms with E-state index in [1.54, 1.807) is 0 Å². The van der Waals surface area contributed by atoms with Gasteiger partial charge in [0.25, 0.3) is 0 Å². The van der Waals surface area contributed by atoms with Crippen LogP contribution in [0.4, 0.5) is 11.4 Å². The summed E-state index contributed by atoms with van der Waals surface area (Å²) in [7, 11) is 0. The van der Waals surface area contributed by atoms with E-state index in [-0.39, 0.29) is 12.0 Å². The van der Waals surface area contributed by atoms with Gasteiger partial charge in [-0.15, -0.1) is 0 Å². The summed E-state index contributed by atoms with van der Waals surface area (Å²) in [5, 5.41) is 0.575. The molecule has 4 rings (SSSR count). The van der Waals surface area contributed by atoms with Crippen molar-refractivity contribution < 1.29 is 4.79 Å². The van der Waals surface area contributed by atoms with E-state index in [9.17, 15) is 4.79 Å². The highest BCUT2D eigenvalue weighted by Gasteiger charge is 2.38. The molecule has 2 N–H and O–H groups in total. The van der Waals surface area contributed by atoms with Gasteiger partial charge in [-0.3, -0.25) is 4.79 Å². The first-order chi connectivity index (χ1) is 13.0. The van der Waals surface area contributed by atoms with E-state index in [0.717, 1.165) is 44.6 Å². The van der Waals surface area contributed by atoms with E-state index in [1.165, 1.54) is 11.1 Å². The lowest BCUT2D eigenvalue weighted by Gasteiger charge is -2.32. The topological polar surface area (TPSA) is 49.6 Å². The summed E-state index contributed by atoms with van der Waals surface area (Å²) in [6.07, 6.45) is 3.09. The molecule has 1 atom stereocenters. The molecule has 5 heteroatoms. The first kappa shape index (κ1) is 18.2. The monoisotopic (exact) mass is 383 g/mol. The Labute approximate surface area is 165 Å². The fourth-order valence-corrected chi connectivity index (χ4v) is 4.06. The van der Waals surface area contributed by atoms with Gasteiger partial charge in [-0.05, 0) is 55.5 Å². The van der Waals surface area contributed by atoms with Crippen LogP contribution in [0.2, 0.25) is 5.02 Å². The molecule has 1 aliphatic heterocycles. The minimum atomic E-state index is 0.277. The van der Waals surface area contributed by atoms with Crippen molar-refractivity contribution in [3.05, 3.63) is 58.6 Å². The lowest BCUT2D eigenvalue weighted by molar-refractivity contribution is -0.131. The zero-order valence-electron chi connectivity index (χ0n) is 15.7. The van der Waals surface area contributed by atoms with Crippen molar-refractivity contribution >= 4 is 28.9 Å². The van der Waals surface area contributed by atoms with Crippen molar-refractivity contribution in [1.29, 1.82) is 0 Å². The number of benzene rings is 2. The number of anilines is 2. The highest BCUT2D eigenvalue weighted by atomic mass is 35.5. The molecule has 1 saturated carbocycles. The average molecular weight is 384 g/mol. The van der Waals surface area contributed by atoms with Gasteiger partial charge in [0.1, 0.15) is 0 Å². The Morgan fingerprint density at radius 1 is 1.22 bits per heavy atom. The zero-order valence-corrected chi connectivity index (χ0v) is 16.5. The summed E-state index contributed by atoms with van der Waals surface area (Å²) in [6.45, 7) is 4.56. The number of halogens is 1. The number of aryl methyl sites for hydroxylation is 1. The molecule has 0 radical (unpaired) electrons. The fraction of sp³-hybridized carbons (Fsp3) is 0.409. The summed E-state index contributed by atoms with van der Waals surface area (Å²) >= 11 is 6.31. The standard InChI is InChI=1S/C22H26ClN3O/c1-15-4-2-3-5-17(15)13-26(18-8-9-21(24)20(23)12-18)19-10-11-25(14-19)22(27)16-6-7-16/h2-5,8-9,12,16,19H,6-7,10-11,13-14,24H2,1H3. The number of hydrogen-bond donors (Lipinski definition) is 1. The molecule has 27 heavy (non-hydrogen) atoms. The number of nitrogens with zero attached hydrogens (tertiary/aromatic N) is 2. The van der Waals surface area contributed by atoms with E-state index < -0.39 is 0 Å². The van der Waals surface area contributed by atoms with Gasteiger partial charge in [0.15, 0.2) is 0 Å². The van der Waals surface area contributed by atoms with Crippen LogP contribution in [0.15, 0.2) is 42.5 Å². The van der Waals surface area contributed by atoms with Crippen LogP contribution < -0.4 is 10.6 Å². The summed E-state index contributed by atoms with van der Waals surface area (Å²) < 4.78 is 0. The smallest absolute Gasteiger partial charge is 0.225 e. The second-order valence-corrected chi connectivity index (χ2v) is 8.17. The summed E-state index contributed by atoms with van der Waals surface area (Å²) in [5.41, 5.74) is 10.1. The SMILES string of the molecule is Cc1ccccc1CN(c1ccc(N)c(Cl)c1)C1CCN(C(=O)C2CC2)C1. The Bertz CT molecular complexity index is 849. The first-order valence-electron chi connectivity index (χ1n) is 9.68. The van der Waals surface area contributed by atoms with E-state index in [4.69, 9.17) is 17.3 Å². The van der Waals surface area contributed by atoms with Crippen molar-refractivity contribution in [2.24, 2.45) is 5.92 Å². The third kappa shape index (κ3) is 3.91. The van der Waals surface area contributed by atoms with Crippen LogP contribution in [-0.2, 0) is 11.3 Å². The Morgan fingerprint density at radius 3 is 2.70 bits per heavy atom. The summed E-state index contributed by atoms with van der Waals surface area (Å²) in [4.78, 5) is 16.9. The molecule has 2 aromatic rings. The minimum absolute atomic E-state index is 0.277. The Hall–Kier alpha value is -2.20. The van der Waals surface area contributed by atoms with Gasteiger partial charge in [0.05, 0.1) is 10.7 Å². The molecular weight excluding hydrogens is 358 g/mol. The van der Waals surface area contributed by atoms with Crippen LogP contribution in [-0.4, -0.2) is 29.9 Å². The van der Waals surface area contributed by atoms with Crippen LogP contribution >= 0.6 is 11.6 Å². The Morgan fingerprint density at radius 2 is 2.00 bits per heavy atom. The second-order valence-electron chi connectivity index (χ2n) is 7.76. The molecule has 0 bridgehead atoms. The van der Waals surface area contributed by atoms with Gasteiger partial charge in [-0.1, -0.05) is 35.9 Å². The lowest BCUT2D eigenvalue weighted by atomic mass is 10.1. The number of amides is 1. The van der Waals surface area contributed by atoms with Gasteiger partial charge >= 0.3 is 0 Å². The number of nitrogen functional groups attached to an aromatic ring is 1. The second kappa shape index (κ2) is 7.43. The predicted molar refractivity (Wildman–Crippen MR) is 111 cm³/mol. The normalized spacial score (nSPS) is 19.3. The fourth-order valence-electron chi connectivity index (χ4n) is 3.88. The maximum absolute atomic E-state index is 12.5. The van der Waals surface area contributed by atoms with E-state index in [2.05, 4.69) is 36.1 Å². The van der Waals surface area contributed by atoms with E-state index >= 15 is 0 Å². The average Bonchev–Trinajstić information content (AvgIpc) is 3.40. The van der Waals surface area contributed by atoms with Gasteiger partial charge in [-0.2, -0.15) is 0 Å². The number of nitrogens with two attached hydrogens (primary N) is 1. The largest absolute Gasteiger partial charge is 0.398 e. The van der Waals surface area contributed by atoms with Crippen LogP contribution in [0.3, 0.4) is 0 Å². The van der Waals surface area contributed by atoms with Crippen molar-refractivity contribution in [3.8, 4) is 0 Å². The van der Waals surface area contributed by atoms with E-state index in [1.807, 2.05) is 23.1 Å². The molecule has 1 unspecified atom stereocenters. The van der Waals surface area contributed by atoms with Crippen molar-refractivity contribution in [2.75, 3.05) is 23.7 Å². The molecule has 0 aromatic heterocycles. The molecule has 142 valence electrons. The number of hydrogen-bond acceptors (Lipinski definition) is 3. The quantitative estimate of drug-likeness (QED) is 0.785. The number of carbonyl (C=O) groups is 1. The highest BCUT2D eigenvalue weighted by molar-refractivity contribution is 6.33. The van der Waals surface area contributed by atoms with Crippen molar-refractivity contribution in [2.45, 2.75) is 38.8 Å². The third-order valence-corrected chi connectivity index (χ3v) is 6.09. The summed E-state index contributed by atoms with van der Waals surface area (Å²) in [5.74, 6) is 0.614. The number of carbonyl (C=O) groups excluding carboxylic acids is 1. The van der Waals surface area contributed by atoms with Crippen LogP contribution in [0.1, 0.15) is 30.4 Å². The molecule has 1 amide bonds. The molecule has 2 fully saturated rings. The molecule has 0 spiro atoms. The maximum Gasteiger partial charge on any atom is 0.225 e. The Kier molecular flexibility index (Phi) is 5.00. The van der Waals surface area contributed by atoms with Crippen molar-refractivity contribution in [1.82, 2.24) is 4.90 Å². The maximum atomic E-state index is 12.5. The molecule has 1 saturated heterocycles. The minimum Gasteiger partial charge on any atom is -0.398 e. The first-order valence-corrected chi connectivity index (χ1v) is 10.1. The van der Waals surface area contributed by atoms with Gasteiger partial charge in [0.2, 0.25) is 5.91 Å². The zero-order chi connectivity index (χ0) is 19.0. The van der Waals surface area contributed by atoms with Crippen molar-refractivity contribution in [3.63, 3.8) is 0 Å². The molecular formula is C22H26ClN3O. The number of likely N-dealkylation sites (tertiary alicyclic amines) is 1. The van der Waals surface area contributed by atoms with Gasteiger partial charge in [0, 0.05) is 37.3 Å². The lowest BCUT2D eigenvalue weighted by Crippen LogP contribution is -2.39. The predicted octanol–water partition coefficient (Wildman–Crippen LogP) is 4.25.